The predicted octanol–water partition coefficient (Wildman–Crippen LogP) is 2.43. The summed E-state index contributed by atoms with van der Waals surface area (Å²) in [6.07, 6.45) is 1.51. The van der Waals surface area contributed by atoms with Crippen molar-refractivity contribution < 1.29 is 4.79 Å². The summed E-state index contributed by atoms with van der Waals surface area (Å²) in [5, 5.41) is 2.64. The molecule has 0 bridgehead atoms. The summed E-state index contributed by atoms with van der Waals surface area (Å²) in [6, 6.07) is 3.27. The van der Waals surface area contributed by atoms with Crippen LogP contribution in [0.4, 0.5) is 5.82 Å². The van der Waals surface area contributed by atoms with Crippen LogP contribution in [0.3, 0.4) is 0 Å². The van der Waals surface area contributed by atoms with E-state index in [0.29, 0.717) is 5.02 Å². The molecule has 1 rings (SSSR count). The molecule has 0 fully saturated rings. The SMILES string of the molecule is C=C(Cl)C(=O)Nc1ncccc1Cl. The van der Waals surface area contributed by atoms with Gasteiger partial charge in [-0.2, -0.15) is 0 Å². The molecule has 0 aliphatic rings. The Hall–Kier alpha value is -1.06. The Bertz CT molecular complexity index is 352. The molecule has 0 spiro atoms. The Balaban J connectivity index is 2.81. The van der Waals surface area contributed by atoms with E-state index in [0.717, 1.165) is 0 Å². The van der Waals surface area contributed by atoms with Crippen LogP contribution in [0.25, 0.3) is 0 Å². The molecule has 1 heterocycles. The molecule has 1 aromatic heterocycles. The first-order valence-corrected chi connectivity index (χ1v) is 4.13. The summed E-state index contributed by atoms with van der Waals surface area (Å²) in [5.41, 5.74) is 0. The highest BCUT2D eigenvalue weighted by atomic mass is 35.5. The van der Waals surface area contributed by atoms with Crippen LogP contribution < -0.4 is 5.32 Å². The number of hydrogen-bond donors (Lipinski definition) is 1. The van der Waals surface area contributed by atoms with Gasteiger partial charge in [0.2, 0.25) is 0 Å². The fourth-order valence-electron chi connectivity index (χ4n) is 0.653. The van der Waals surface area contributed by atoms with Crippen LogP contribution in [-0.2, 0) is 4.79 Å². The number of nitrogens with zero attached hydrogens (tertiary/aromatic N) is 1. The van der Waals surface area contributed by atoms with Crippen molar-refractivity contribution in [3.05, 3.63) is 35.0 Å². The quantitative estimate of drug-likeness (QED) is 0.773. The summed E-state index contributed by atoms with van der Waals surface area (Å²) >= 11 is 11.1. The monoisotopic (exact) mass is 216 g/mol. The zero-order chi connectivity index (χ0) is 9.84. The van der Waals surface area contributed by atoms with Gasteiger partial charge in [0.05, 0.1) is 10.1 Å². The molecule has 0 atom stereocenters. The highest BCUT2D eigenvalue weighted by molar-refractivity contribution is 6.43. The van der Waals surface area contributed by atoms with Gasteiger partial charge in [-0.15, -0.1) is 0 Å². The molecular weight excluding hydrogens is 211 g/mol. The standard InChI is InChI=1S/C8H6Cl2N2O/c1-5(9)8(13)12-7-6(10)3-2-4-11-7/h2-4H,1H2,(H,11,12,13). The van der Waals surface area contributed by atoms with Crippen LogP contribution in [0, 0.1) is 0 Å². The summed E-state index contributed by atoms with van der Waals surface area (Å²) < 4.78 is 0. The number of hydrogen-bond acceptors (Lipinski definition) is 2. The third-order valence-electron chi connectivity index (χ3n) is 1.24. The molecule has 0 radical (unpaired) electrons. The van der Waals surface area contributed by atoms with E-state index >= 15 is 0 Å². The fourth-order valence-corrected chi connectivity index (χ4v) is 0.869. The Morgan fingerprint density at radius 1 is 1.62 bits per heavy atom. The molecule has 0 aliphatic carbocycles. The lowest BCUT2D eigenvalue weighted by Crippen LogP contribution is -2.12. The Labute approximate surface area is 85.4 Å². The van der Waals surface area contributed by atoms with Gasteiger partial charge in [-0.3, -0.25) is 4.79 Å². The second-order valence-corrected chi connectivity index (χ2v) is 3.06. The van der Waals surface area contributed by atoms with E-state index in [2.05, 4.69) is 16.9 Å². The molecule has 1 N–H and O–H groups in total. The molecule has 0 aromatic carbocycles. The molecular formula is C8H6Cl2N2O. The van der Waals surface area contributed by atoms with Crippen molar-refractivity contribution in [2.45, 2.75) is 0 Å². The summed E-state index contributed by atoms with van der Waals surface area (Å²) in [7, 11) is 0. The average Bonchev–Trinajstić information content (AvgIpc) is 2.08. The summed E-state index contributed by atoms with van der Waals surface area (Å²) in [4.78, 5) is 14.9. The van der Waals surface area contributed by atoms with Crippen LogP contribution >= 0.6 is 23.2 Å². The molecule has 0 aliphatic heterocycles. The van der Waals surface area contributed by atoms with Crippen LogP contribution in [-0.4, -0.2) is 10.9 Å². The van der Waals surface area contributed by atoms with Crippen molar-refractivity contribution in [3.8, 4) is 0 Å². The van der Waals surface area contributed by atoms with Crippen molar-refractivity contribution in [2.75, 3.05) is 5.32 Å². The van der Waals surface area contributed by atoms with Gasteiger partial charge in [-0.1, -0.05) is 29.8 Å². The lowest BCUT2D eigenvalue weighted by molar-refractivity contribution is -0.112. The molecule has 0 saturated carbocycles. The minimum absolute atomic E-state index is 0.110. The number of rotatable bonds is 2. The molecule has 13 heavy (non-hydrogen) atoms. The van der Waals surface area contributed by atoms with Crippen molar-refractivity contribution in [3.63, 3.8) is 0 Å². The average molecular weight is 217 g/mol. The van der Waals surface area contributed by atoms with Crippen molar-refractivity contribution in [1.29, 1.82) is 0 Å². The zero-order valence-electron chi connectivity index (χ0n) is 6.55. The minimum Gasteiger partial charge on any atom is -0.305 e. The third-order valence-corrected chi connectivity index (χ3v) is 1.71. The van der Waals surface area contributed by atoms with Crippen molar-refractivity contribution >= 4 is 34.9 Å². The number of pyridine rings is 1. The van der Waals surface area contributed by atoms with Gasteiger partial charge < -0.3 is 5.32 Å². The Morgan fingerprint density at radius 2 is 2.31 bits per heavy atom. The summed E-state index contributed by atoms with van der Waals surface area (Å²) in [5.74, 6) is -0.238. The molecule has 1 aromatic rings. The fraction of sp³-hybridized carbons (Fsp3) is 0. The van der Waals surface area contributed by atoms with Gasteiger partial charge in [0.1, 0.15) is 0 Å². The van der Waals surface area contributed by atoms with Gasteiger partial charge in [0, 0.05) is 6.20 Å². The molecule has 0 saturated heterocycles. The predicted molar refractivity (Wildman–Crippen MR) is 52.9 cm³/mol. The third kappa shape index (κ3) is 2.72. The van der Waals surface area contributed by atoms with Gasteiger partial charge in [0.15, 0.2) is 5.82 Å². The normalized spacial score (nSPS) is 9.38. The number of carbonyl (C=O) groups excluding carboxylic acids is 1. The summed E-state index contributed by atoms with van der Waals surface area (Å²) in [6.45, 7) is 3.26. The molecule has 0 unspecified atom stereocenters. The Morgan fingerprint density at radius 3 is 2.85 bits per heavy atom. The van der Waals surface area contributed by atoms with E-state index in [1.165, 1.54) is 6.20 Å². The van der Waals surface area contributed by atoms with E-state index < -0.39 is 5.91 Å². The molecule has 3 nitrogen and oxygen atoms in total. The van der Waals surface area contributed by atoms with Crippen LogP contribution in [0.1, 0.15) is 0 Å². The minimum atomic E-state index is -0.512. The van der Waals surface area contributed by atoms with Crippen LogP contribution in [0.2, 0.25) is 5.02 Å². The maximum atomic E-state index is 11.0. The van der Waals surface area contributed by atoms with Crippen molar-refractivity contribution in [1.82, 2.24) is 4.98 Å². The first-order valence-electron chi connectivity index (χ1n) is 3.37. The molecule has 68 valence electrons. The van der Waals surface area contributed by atoms with Crippen LogP contribution in [0.15, 0.2) is 29.9 Å². The van der Waals surface area contributed by atoms with Crippen molar-refractivity contribution in [2.24, 2.45) is 0 Å². The maximum absolute atomic E-state index is 11.0. The van der Waals surface area contributed by atoms with Gasteiger partial charge in [-0.05, 0) is 12.1 Å². The lowest BCUT2D eigenvalue weighted by Gasteiger charge is -2.03. The van der Waals surface area contributed by atoms with E-state index in [9.17, 15) is 4.79 Å². The second kappa shape index (κ2) is 4.25. The number of nitrogens with one attached hydrogen (secondary N) is 1. The van der Waals surface area contributed by atoms with Crippen LogP contribution in [0.5, 0.6) is 0 Å². The number of aromatic nitrogens is 1. The highest BCUT2D eigenvalue weighted by Gasteiger charge is 2.07. The molecule has 5 heteroatoms. The largest absolute Gasteiger partial charge is 0.305 e. The molecule has 1 amide bonds. The first-order chi connectivity index (χ1) is 6.11. The number of halogens is 2. The highest BCUT2D eigenvalue weighted by Crippen LogP contribution is 2.18. The lowest BCUT2D eigenvalue weighted by atomic mass is 10.4. The number of carbonyl (C=O) groups is 1. The number of amides is 1. The zero-order valence-corrected chi connectivity index (χ0v) is 8.06. The van der Waals surface area contributed by atoms with Gasteiger partial charge in [-0.25, -0.2) is 4.98 Å². The van der Waals surface area contributed by atoms with Gasteiger partial charge in [0.25, 0.3) is 5.91 Å². The second-order valence-electron chi connectivity index (χ2n) is 2.19. The Kier molecular flexibility index (Phi) is 3.28. The topological polar surface area (TPSA) is 42.0 Å². The smallest absolute Gasteiger partial charge is 0.267 e. The first kappa shape index (κ1) is 10.0. The van der Waals surface area contributed by atoms with E-state index in [1.54, 1.807) is 12.1 Å². The van der Waals surface area contributed by atoms with Gasteiger partial charge >= 0.3 is 0 Å². The maximum Gasteiger partial charge on any atom is 0.267 e. The number of anilines is 1. The van der Waals surface area contributed by atoms with E-state index in [4.69, 9.17) is 23.2 Å². The van der Waals surface area contributed by atoms with E-state index in [-0.39, 0.29) is 10.9 Å². The van der Waals surface area contributed by atoms with E-state index in [1.807, 2.05) is 0 Å².